The van der Waals surface area contributed by atoms with Crippen LogP contribution in [0.25, 0.3) is 22.9 Å². The Morgan fingerprint density at radius 2 is 1.88 bits per heavy atom. The third kappa shape index (κ3) is 5.35. The number of nitrogens with zero attached hydrogens (tertiary/aromatic N) is 6. The van der Waals surface area contributed by atoms with Gasteiger partial charge in [-0.2, -0.15) is 4.68 Å². The molecule has 12 heteroatoms. The Labute approximate surface area is 239 Å². The molecule has 0 aliphatic carbocycles. The van der Waals surface area contributed by atoms with Gasteiger partial charge in [-0.15, -0.1) is 26.6 Å². The number of aryl methyl sites for hydroxylation is 2. The standard InChI is InChI=1S/C29H29N7O4S/c1-17-16-41-25(31-17)22-10-7-11-36(22)26(37)21-13-19(12-20(14-21)24-34-35(3)28(38)40-24)23-32-33-27(39-23)29(2,30)15-18-8-5-4-6-9-18/h4-6,8-9,12-14,16,22H,7,10-11,15,30H2,1-3H3. The first-order valence-corrected chi connectivity index (χ1v) is 14.2. The van der Waals surface area contributed by atoms with Crippen molar-refractivity contribution < 1.29 is 13.6 Å². The second kappa shape index (κ2) is 10.5. The van der Waals surface area contributed by atoms with Crippen molar-refractivity contribution in [1.29, 1.82) is 0 Å². The Balaban J connectivity index is 1.38. The number of hydrogen-bond donors (Lipinski definition) is 1. The number of aromatic nitrogens is 5. The fraction of sp³-hybridized carbons (Fsp3) is 0.310. The molecule has 1 amide bonds. The van der Waals surface area contributed by atoms with Crippen LogP contribution in [0.1, 0.15) is 58.3 Å². The van der Waals surface area contributed by atoms with E-state index in [0.29, 0.717) is 29.7 Å². The van der Waals surface area contributed by atoms with Crippen LogP contribution in [-0.4, -0.2) is 42.3 Å². The quantitative estimate of drug-likeness (QED) is 0.303. The van der Waals surface area contributed by atoms with Gasteiger partial charge in [0.1, 0.15) is 5.01 Å². The van der Waals surface area contributed by atoms with Crippen molar-refractivity contribution in [3.63, 3.8) is 0 Å². The summed E-state index contributed by atoms with van der Waals surface area (Å²) in [6.07, 6.45) is 2.20. The lowest BCUT2D eigenvalue weighted by Crippen LogP contribution is -2.35. The van der Waals surface area contributed by atoms with Gasteiger partial charge in [0, 0.05) is 41.4 Å². The van der Waals surface area contributed by atoms with Gasteiger partial charge in [0.25, 0.3) is 5.91 Å². The van der Waals surface area contributed by atoms with Gasteiger partial charge in [0.2, 0.25) is 17.7 Å². The van der Waals surface area contributed by atoms with E-state index in [1.54, 1.807) is 29.5 Å². The first-order chi connectivity index (χ1) is 19.7. The molecule has 2 unspecified atom stereocenters. The molecule has 41 heavy (non-hydrogen) atoms. The second-order valence-corrected chi connectivity index (χ2v) is 11.5. The van der Waals surface area contributed by atoms with E-state index in [9.17, 15) is 9.59 Å². The number of rotatable bonds is 7. The summed E-state index contributed by atoms with van der Waals surface area (Å²) in [5, 5.41) is 15.6. The summed E-state index contributed by atoms with van der Waals surface area (Å²) in [5.74, 6) is -0.259. The summed E-state index contributed by atoms with van der Waals surface area (Å²) in [6.45, 7) is 4.39. The highest BCUT2D eigenvalue weighted by Crippen LogP contribution is 2.36. The molecule has 0 spiro atoms. The number of likely N-dealkylation sites (tertiary alicyclic amines) is 1. The van der Waals surface area contributed by atoms with Crippen molar-refractivity contribution in [3.8, 4) is 22.9 Å². The van der Waals surface area contributed by atoms with Gasteiger partial charge in [-0.3, -0.25) is 4.79 Å². The summed E-state index contributed by atoms with van der Waals surface area (Å²) in [6, 6.07) is 14.8. The van der Waals surface area contributed by atoms with E-state index in [2.05, 4.69) is 20.3 Å². The first-order valence-electron chi connectivity index (χ1n) is 13.3. The van der Waals surface area contributed by atoms with E-state index in [0.717, 1.165) is 33.8 Å². The third-order valence-electron chi connectivity index (χ3n) is 7.13. The van der Waals surface area contributed by atoms with Crippen LogP contribution in [0.3, 0.4) is 0 Å². The van der Waals surface area contributed by atoms with Crippen LogP contribution in [0.4, 0.5) is 0 Å². The molecule has 1 saturated heterocycles. The maximum Gasteiger partial charge on any atom is 0.437 e. The fourth-order valence-electron chi connectivity index (χ4n) is 5.08. The predicted octanol–water partition coefficient (Wildman–Crippen LogP) is 4.25. The molecule has 3 aromatic heterocycles. The molecule has 6 rings (SSSR count). The van der Waals surface area contributed by atoms with Gasteiger partial charge in [-0.05, 0) is 56.9 Å². The minimum absolute atomic E-state index is 0.0781. The van der Waals surface area contributed by atoms with Gasteiger partial charge in [-0.25, -0.2) is 9.78 Å². The zero-order valence-electron chi connectivity index (χ0n) is 22.9. The highest BCUT2D eigenvalue weighted by Gasteiger charge is 2.34. The Morgan fingerprint density at radius 3 is 2.56 bits per heavy atom. The predicted molar refractivity (Wildman–Crippen MR) is 152 cm³/mol. The van der Waals surface area contributed by atoms with Crippen molar-refractivity contribution in [1.82, 2.24) is 29.9 Å². The average molecular weight is 572 g/mol. The molecule has 0 bridgehead atoms. The van der Waals surface area contributed by atoms with Crippen LogP contribution in [0.5, 0.6) is 0 Å². The Hall–Kier alpha value is -4.42. The molecule has 4 heterocycles. The van der Waals surface area contributed by atoms with Gasteiger partial charge < -0.3 is 19.5 Å². The summed E-state index contributed by atoms with van der Waals surface area (Å²) in [4.78, 5) is 32.5. The molecule has 0 saturated carbocycles. The normalized spacial score (nSPS) is 16.7. The van der Waals surface area contributed by atoms with E-state index in [1.807, 2.05) is 54.5 Å². The monoisotopic (exact) mass is 571 g/mol. The molecular weight excluding hydrogens is 542 g/mol. The van der Waals surface area contributed by atoms with Crippen molar-refractivity contribution in [2.24, 2.45) is 12.8 Å². The lowest BCUT2D eigenvalue weighted by atomic mass is 9.94. The first kappa shape index (κ1) is 26.8. The number of thiazole rings is 1. The largest absolute Gasteiger partial charge is 0.437 e. The van der Waals surface area contributed by atoms with Gasteiger partial charge >= 0.3 is 5.76 Å². The van der Waals surface area contributed by atoms with E-state index < -0.39 is 11.3 Å². The number of amides is 1. The highest BCUT2D eigenvalue weighted by atomic mass is 32.1. The molecule has 1 aliphatic heterocycles. The van der Waals surface area contributed by atoms with E-state index >= 15 is 0 Å². The van der Waals surface area contributed by atoms with Crippen LogP contribution >= 0.6 is 11.3 Å². The SMILES string of the molecule is Cc1csc(C2CCCN2C(=O)c2cc(-c3nnc(C(C)(N)Cc4ccccc4)o3)cc(-c3nn(C)c(=O)o3)c2)n1. The molecule has 210 valence electrons. The molecule has 0 radical (unpaired) electrons. The van der Waals surface area contributed by atoms with E-state index in [4.69, 9.17) is 14.6 Å². The van der Waals surface area contributed by atoms with Crippen LogP contribution in [0.2, 0.25) is 0 Å². The zero-order valence-corrected chi connectivity index (χ0v) is 23.7. The Morgan fingerprint density at radius 1 is 1.12 bits per heavy atom. The van der Waals surface area contributed by atoms with Gasteiger partial charge in [0.15, 0.2) is 0 Å². The number of benzene rings is 2. The van der Waals surface area contributed by atoms with Crippen molar-refractivity contribution in [2.75, 3.05) is 6.54 Å². The minimum atomic E-state index is -0.925. The second-order valence-electron chi connectivity index (χ2n) is 10.6. The summed E-state index contributed by atoms with van der Waals surface area (Å²) >= 11 is 1.56. The third-order valence-corrected chi connectivity index (χ3v) is 8.19. The number of nitrogens with two attached hydrogens (primary N) is 1. The number of carbonyl (C=O) groups is 1. The van der Waals surface area contributed by atoms with Gasteiger partial charge in [-0.1, -0.05) is 30.3 Å². The maximum absolute atomic E-state index is 13.9. The highest BCUT2D eigenvalue weighted by molar-refractivity contribution is 7.09. The van der Waals surface area contributed by atoms with Crippen LogP contribution in [0.15, 0.2) is 67.5 Å². The van der Waals surface area contributed by atoms with Crippen LogP contribution in [-0.2, 0) is 19.0 Å². The molecular formula is C29H29N7O4S. The lowest BCUT2D eigenvalue weighted by Gasteiger charge is -2.23. The maximum atomic E-state index is 13.9. The Kier molecular flexibility index (Phi) is 6.88. The van der Waals surface area contributed by atoms with Crippen molar-refractivity contribution in [2.45, 2.75) is 44.7 Å². The average Bonchev–Trinajstić information content (AvgIpc) is 3.76. The molecule has 11 nitrogen and oxygen atoms in total. The van der Waals surface area contributed by atoms with E-state index in [-0.39, 0.29) is 29.6 Å². The Bertz CT molecular complexity index is 1770. The van der Waals surface area contributed by atoms with Gasteiger partial charge in [0.05, 0.1) is 11.6 Å². The number of hydrogen-bond acceptors (Lipinski definition) is 10. The fourth-order valence-corrected chi connectivity index (χ4v) is 6.03. The smallest absolute Gasteiger partial charge is 0.419 e. The lowest BCUT2D eigenvalue weighted by molar-refractivity contribution is 0.0735. The number of carbonyl (C=O) groups excluding carboxylic acids is 1. The molecule has 2 N–H and O–H groups in total. The van der Waals surface area contributed by atoms with Crippen LogP contribution in [0, 0.1) is 6.92 Å². The summed E-state index contributed by atoms with van der Waals surface area (Å²) < 4.78 is 12.5. The van der Waals surface area contributed by atoms with Crippen molar-refractivity contribution in [3.05, 3.63) is 92.2 Å². The van der Waals surface area contributed by atoms with Crippen LogP contribution < -0.4 is 11.5 Å². The van der Waals surface area contributed by atoms with E-state index in [1.165, 1.54) is 7.05 Å². The summed E-state index contributed by atoms with van der Waals surface area (Å²) in [7, 11) is 1.50. The topological polar surface area (TPSA) is 146 Å². The molecule has 5 aromatic rings. The summed E-state index contributed by atoms with van der Waals surface area (Å²) in [5.41, 5.74) is 8.95. The zero-order chi connectivity index (χ0) is 28.7. The molecule has 2 aromatic carbocycles. The minimum Gasteiger partial charge on any atom is -0.419 e. The van der Waals surface area contributed by atoms with Crippen molar-refractivity contribution >= 4 is 17.2 Å². The molecule has 1 aliphatic rings. The molecule has 1 fully saturated rings. The molecule has 2 atom stereocenters.